The van der Waals surface area contributed by atoms with Gasteiger partial charge in [0.15, 0.2) is 0 Å². The molecule has 0 saturated heterocycles. The average molecular weight is 282 g/mol. The maximum Gasteiger partial charge on any atom is 0.328 e. The number of halogens is 1. The molecule has 4 nitrogen and oxygen atoms in total. The minimum absolute atomic E-state index is 0.0952. The van der Waals surface area contributed by atoms with Crippen LogP contribution >= 0.6 is 11.6 Å². The van der Waals surface area contributed by atoms with Gasteiger partial charge in [0.25, 0.3) is 5.91 Å². The summed E-state index contributed by atoms with van der Waals surface area (Å²) in [5.41, 5.74) is 1.02. The molecule has 19 heavy (non-hydrogen) atoms. The molecule has 0 fully saturated rings. The summed E-state index contributed by atoms with van der Waals surface area (Å²) in [6.07, 6.45) is 3.24. The second-order valence-electron chi connectivity index (χ2n) is 4.19. The fourth-order valence-corrected chi connectivity index (χ4v) is 1.62. The van der Waals surface area contributed by atoms with Crippen molar-refractivity contribution in [3.05, 3.63) is 40.4 Å². The predicted octanol–water partition coefficient (Wildman–Crippen LogP) is 2.97. The molecule has 0 heterocycles. The minimum atomic E-state index is -1.05. The summed E-state index contributed by atoms with van der Waals surface area (Å²) >= 11 is 6.00. The topological polar surface area (TPSA) is 66.4 Å². The molecule has 1 rings (SSSR count). The van der Waals surface area contributed by atoms with E-state index in [-0.39, 0.29) is 11.9 Å². The van der Waals surface area contributed by atoms with E-state index in [1.54, 1.807) is 12.1 Å². The van der Waals surface area contributed by atoms with E-state index >= 15 is 0 Å². The largest absolute Gasteiger partial charge is 0.478 e. The second kappa shape index (κ2) is 6.95. The molecule has 0 aromatic heterocycles. The summed E-state index contributed by atoms with van der Waals surface area (Å²) in [6, 6.07) is 4.86. The molecule has 0 aliphatic rings. The van der Waals surface area contributed by atoms with E-state index in [4.69, 9.17) is 16.7 Å². The molecule has 0 spiro atoms. The molecule has 0 aliphatic carbocycles. The lowest BCUT2D eigenvalue weighted by Gasteiger charge is -2.11. The van der Waals surface area contributed by atoms with E-state index in [9.17, 15) is 9.59 Å². The summed E-state index contributed by atoms with van der Waals surface area (Å²) < 4.78 is 0. The van der Waals surface area contributed by atoms with Crippen LogP contribution in [0.4, 0.5) is 0 Å². The molecule has 1 unspecified atom stereocenters. The number of carboxylic acid groups (broad SMARTS) is 1. The van der Waals surface area contributed by atoms with Gasteiger partial charge in [0, 0.05) is 22.7 Å². The molecule has 0 radical (unpaired) electrons. The molecule has 1 aromatic carbocycles. The summed E-state index contributed by atoms with van der Waals surface area (Å²) in [4.78, 5) is 22.3. The number of carbonyl (C=O) groups is 2. The number of hydrogen-bond donors (Lipinski definition) is 2. The number of aliphatic carboxylic acids is 1. The summed E-state index contributed by atoms with van der Waals surface area (Å²) in [5, 5.41) is 11.7. The Kier molecular flexibility index (Phi) is 5.57. The van der Waals surface area contributed by atoms with Crippen molar-refractivity contribution in [1.82, 2.24) is 5.32 Å². The van der Waals surface area contributed by atoms with E-state index in [1.807, 2.05) is 13.8 Å². The van der Waals surface area contributed by atoms with Gasteiger partial charge in [0.05, 0.1) is 0 Å². The lowest BCUT2D eigenvalue weighted by molar-refractivity contribution is -0.131. The molecular weight excluding hydrogens is 266 g/mol. The number of amides is 1. The van der Waals surface area contributed by atoms with Crippen LogP contribution in [0.15, 0.2) is 24.3 Å². The van der Waals surface area contributed by atoms with Gasteiger partial charge in [-0.15, -0.1) is 0 Å². The van der Waals surface area contributed by atoms with Gasteiger partial charge in [-0.2, -0.15) is 0 Å². The van der Waals surface area contributed by atoms with Crippen LogP contribution < -0.4 is 5.32 Å². The Bertz CT molecular complexity index is 511. The van der Waals surface area contributed by atoms with Crippen molar-refractivity contribution in [2.24, 2.45) is 0 Å². The second-order valence-corrected chi connectivity index (χ2v) is 4.60. The maximum absolute atomic E-state index is 11.9. The van der Waals surface area contributed by atoms with E-state index < -0.39 is 5.97 Å². The fraction of sp³-hybridized carbons (Fsp3) is 0.286. The fourth-order valence-electron chi connectivity index (χ4n) is 1.37. The van der Waals surface area contributed by atoms with Crippen molar-refractivity contribution in [3.8, 4) is 0 Å². The first-order valence-corrected chi connectivity index (χ1v) is 6.33. The first-order chi connectivity index (χ1) is 8.93. The van der Waals surface area contributed by atoms with Crippen LogP contribution in [0.3, 0.4) is 0 Å². The van der Waals surface area contributed by atoms with Gasteiger partial charge in [-0.05, 0) is 37.1 Å². The molecule has 0 saturated carbocycles. The van der Waals surface area contributed by atoms with Gasteiger partial charge >= 0.3 is 5.97 Å². The van der Waals surface area contributed by atoms with Crippen molar-refractivity contribution in [2.75, 3.05) is 0 Å². The van der Waals surface area contributed by atoms with Gasteiger partial charge in [-0.1, -0.05) is 24.6 Å². The Hall–Kier alpha value is -1.81. The monoisotopic (exact) mass is 281 g/mol. The minimum Gasteiger partial charge on any atom is -0.478 e. The van der Waals surface area contributed by atoms with Crippen molar-refractivity contribution in [3.63, 3.8) is 0 Å². The standard InChI is InChI=1S/C14H16ClNO3/c1-3-9(2)16-14(19)11-5-4-10(12(15)8-11)6-7-13(17)18/h4-9H,3H2,1-2H3,(H,16,19)(H,17,18)/b7-6+. The number of benzene rings is 1. The number of carbonyl (C=O) groups excluding carboxylic acids is 1. The smallest absolute Gasteiger partial charge is 0.328 e. The first-order valence-electron chi connectivity index (χ1n) is 5.95. The zero-order valence-electron chi connectivity index (χ0n) is 10.8. The SMILES string of the molecule is CCC(C)NC(=O)c1ccc(/C=C/C(=O)O)c(Cl)c1. The molecule has 1 atom stereocenters. The predicted molar refractivity (Wildman–Crippen MR) is 75.3 cm³/mol. The summed E-state index contributed by atoms with van der Waals surface area (Å²) in [5.74, 6) is -1.24. The Balaban J connectivity index is 2.87. The summed E-state index contributed by atoms with van der Waals surface area (Å²) in [6.45, 7) is 3.90. The number of nitrogens with one attached hydrogen (secondary N) is 1. The van der Waals surface area contributed by atoms with Crippen LogP contribution in [0.25, 0.3) is 6.08 Å². The molecule has 0 aliphatic heterocycles. The first kappa shape index (κ1) is 15.2. The highest BCUT2D eigenvalue weighted by Gasteiger charge is 2.10. The van der Waals surface area contributed by atoms with Crippen LogP contribution in [-0.4, -0.2) is 23.0 Å². The Morgan fingerprint density at radius 1 is 1.47 bits per heavy atom. The van der Waals surface area contributed by atoms with E-state index in [1.165, 1.54) is 12.1 Å². The molecule has 102 valence electrons. The Morgan fingerprint density at radius 3 is 2.68 bits per heavy atom. The third-order valence-electron chi connectivity index (χ3n) is 2.66. The number of carboxylic acids is 1. The zero-order valence-corrected chi connectivity index (χ0v) is 11.6. The van der Waals surface area contributed by atoms with E-state index in [2.05, 4.69) is 5.32 Å². The molecule has 0 bridgehead atoms. The Labute approximate surface area is 117 Å². The summed E-state index contributed by atoms with van der Waals surface area (Å²) in [7, 11) is 0. The highest BCUT2D eigenvalue weighted by molar-refractivity contribution is 6.32. The zero-order chi connectivity index (χ0) is 14.4. The van der Waals surface area contributed by atoms with Crippen LogP contribution in [0.5, 0.6) is 0 Å². The highest BCUT2D eigenvalue weighted by atomic mass is 35.5. The molecule has 2 N–H and O–H groups in total. The highest BCUT2D eigenvalue weighted by Crippen LogP contribution is 2.19. The average Bonchev–Trinajstić information content (AvgIpc) is 2.36. The molecule has 1 amide bonds. The van der Waals surface area contributed by atoms with Gasteiger partial charge in [0.2, 0.25) is 0 Å². The number of rotatable bonds is 5. The third kappa shape index (κ3) is 4.75. The molecule has 1 aromatic rings. The van der Waals surface area contributed by atoms with Crippen molar-refractivity contribution in [2.45, 2.75) is 26.3 Å². The molecular formula is C14H16ClNO3. The maximum atomic E-state index is 11.9. The lowest BCUT2D eigenvalue weighted by Crippen LogP contribution is -2.31. The Morgan fingerprint density at radius 2 is 2.16 bits per heavy atom. The van der Waals surface area contributed by atoms with Crippen molar-refractivity contribution >= 4 is 29.6 Å². The van der Waals surface area contributed by atoms with Gasteiger partial charge in [-0.3, -0.25) is 4.79 Å². The third-order valence-corrected chi connectivity index (χ3v) is 2.99. The van der Waals surface area contributed by atoms with Crippen LogP contribution in [0.2, 0.25) is 5.02 Å². The van der Waals surface area contributed by atoms with Crippen LogP contribution in [-0.2, 0) is 4.79 Å². The quantitative estimate of drug-likeness (QED) is 0.816. The number of hydrogen-bond acceptors (Lipinski definition) is 2. The van der Waals surface area contributed by atoms with Crippen molar-refractivity contribution in [1.29, 1.82) is 0 Å². The molecule has 5 heteroatoms. The van der Waals surface area contributed by atoms with E-state index in [0.717, 1.165) is 12.5 Å². The van der Waals surface area contributed by atoms with Crippen LogP contribution in [0, 0.1) is 0 Å². The van der Waals surface area contributed by atoms with Gasteiger partial charge in [-0.25, -0.2) is 4.79 Å². The van der Waals surface area contributed by atoms with Crippen molar-refractivity contribution < 1.29 is 14.7 Å². The van der Waals surface area contributed by atoms with Crippen LogP contribution in [0.1, 0.15) is 36.2 Å². The normalized spacial score (nSPS) is 12.4. The van der Waals surface area contributed by atoms with Gasteiger partial charge in [0.1, 0.15) is 0 Å². The lowest BCUT2D eigenvalue weighted by atomic mass is 10.1. The van der Waals surface area contributed by atoms with E-state index in [0.29, 0.717) is 16.1 Å². The van der Waals surface area contributed by atoms with Gasteiger partial charge < -0.3 is 10.4 Å².